The molecule has 0 saturated heterocycles. The van der Waals surface area contributed by atoms with Crippen LogP contribution in [0.4, 0.5) is 0 Å². The van der Waals surface area contributed by atoms with E-state index >= 15 is 0 Å². The van der Waals surface area contributed by atoms with E-state index in [1.165, 1.54) is 31.5 Å². The number of hydrogen-bond acceptors (Lipinski definition) is 6. The first-order valence-electron chi connectivity index (χ1n) is 9.72. The summed E-state index contributed by atoms with van der Waals surface area (Å²) in [7, 11) is 1.44. The van der Waals surface area contributed by atoms with E-state index in [-0.39, 0.29) is 22.9 Å². The van der Waals surface area contributed by atoms with Gasteiger partial charge in [0.1, 0.15) is 5.75 Å². The number of nitrogens with one attached hydrogen (secondary N) is 1. The fraction of sp³-hybridized carbons (Fsp3) is 0.125. The number of halogens is 2. The summed E-state index contributed by atoms with van der Waals surface area (Å²) in [6, 6.07) is 16.6. The highest BCUT2D eigenvalue weighted by Crippen LogP contribution is 2.29. The third-order valence-electron chi connectivity index (χ3n) is 4.31. The van der Waals surface area contributed by atoms with Crippen molar-refractivity contribution in [1.82, 2.24) is 5.43 Å². The standard InChI is InChI=1S/C24H20Cl2N2O5/c1-15-4-3-5-18(10-15)32-14-23(29)28-27-13-16-6-9-21(22(11-16)31-2)33-24(30)17-7-8-19(25)20(26)12-17/h3-13H,14H2,1-2H3,(H,28,29). The van der Waals surface area contributed by atoms with Crippen LogP contribution in [-0.4, -0.2) is 31.8 Å². The zero-order valence-corrected chi connectivity index (χ0v) is 19.3. The van der Waals surface area contributed by atoms with Crippen LogP contribution in [0.25, 0.3) is 0 Å². The SMILES string of the molecule is COc1cc(C=NNC(=O)COc2cccc(C)c2)ccc1OC(=O)c1ccc(Cl)c(Cl)c1. The first-order valence-corrected chi connectivity index (χ1v) is 10.5. The smallest absolute Gasteiger partial charge is 0.343 e. The largest absolute Gasteiger partial charge is 0.493 e. The van der Waals surface area contributed by atoms with Crippen molar-refractivity contribution in [3.05, 3.63) is 87.4 Å². The van der Waals surface area contributed by atoms with Gasteiger partial charge < -0.3 is 14.2 Å². The van der Waals surface area contributed by atoms with Crippen LogP contribution in [-0.2, 0) is 4.79 Å². The average Bonchev–Trinajstić information content (AvgIpc) is 2.80. The second kappa shape index (κ2) is 11.4. The van der Waals surface area contributed by atoms with Gasteiger partial charge in [-0.15, -0.1) is 0 Å². The molecule has 3 aromatic rings. The highest BCUT2D eigenvalue weighted by Gasteiger charge is 2.14. The Bertz CT molecular complexity index is 1200. The highest BCUT2D eigenvalue weighted by atomic mass is 35.5. The molecule has 0 aliphatic rings. The maximum atomic E-state index is 12.4. The number of rotatable bonds is 8. The van der Waals surface area contributed by atoms with Gasteiger partial charge in [0.15, 0.2) is 18.1 Å². The summed E-state index contributed by atoms with van der Waals surface area (Å²) in [5, 5.41) is 4.49. The van der Waals surface area contributed by atoms with Crippen molar-refractivity contribution in [3.8, 4) is 17.2 Å². The highest BCUT2D eigenvalue weighted by molar-refractivity contribution is 6.42. The van der Waals surface area contributed by atoms with E-state index in [9.17, 15) is 9.59 Å². The van der Waals surface area contributed by atoms with Crippen LogP contribution < -0.4 is 19.6 Å². The minimum atomic E-state index is -0.617. The minimum absolute atomic E-state index is 0.173. The van der Waals surface area contributed by atoms with E-state index in [2.05, 4.69) is 10.5 Å². The van der Waals surface area contributed by atoms with Crippen molar-refractivity contribution in [3.63, 3.8) is 0 Å². The number of carbonyl (C=O) groups excluding carboxylic acids is 2. The van der Waals surface area contributed by atoms with Crippen molar-refractivity contribution in [2.24, 2.45) is 5.10 Å². The lowest BCUT2D eigenvalue weighted by Gasteiger charge is -2.10. The molecule has 0 heterocycles. The summed E-state index contributed by atoms with van der Waals surface area (Å²) < 4.78 is 16.1. The van der Waals surface area contributed by atoms with Crippen molar-refractivity contribution in [1.29, 1.82) is 0 Å². The molecule has 170 valence electrons. The maximum absolute atomic E-state index is 12.4. The lowest BCUT2D eigenvalue weighted by Crippen LogP contribution is -2.24. The van der Waals surface area contributed by atoms with Crippen LogP contribution in [0.3, 0.4) is 0 Å². The zero-order chi connectivity index (χ0) is 23.8. The molecule has 0 aliphatic carbocycles. The molecular weight excluding hydrogens is 467 g/mol. The Morgan fingerprint density at radius 2 is 1.82 bits per heavy atom. The summed E-state index contributed by atoms with van der Waals surface area (Å²) in [4.78, 5) is 24.3. The summed E-state index contributed by atoms with van der Waals surface area (Å²) in [5.41, 5.74) is 4.28. The maximum Gasteiger partial charge on any atom is 0.343 e. The molecule has 3 aromatic carbocycles. The van der Waals surface area contributed by atoms with Gasteiger partial charge in [0.05, 0.1) is 28.9 Å². The Morgan fingerprint density at radius 1 is 1.00 bits per heavy atom. The number of amides is 1. The Labute approximate surface area is 200 Å². The number of esters is 1. The van der Waals surface area contributed by atoms with Gasteiger partial charge in [0.25, 0.3) is 5.91 Å². The molecule has 0 radical (unpaired) electrons. The van der Waals surface area contributed by atoms with Crippen molar-refractivity contribution < 1.29 is 23.8 Å². The zero-order valence-electron chi connectivity index (χ0n) is 17.8. The normalized spacial score (nSPS) is 10.7. The van der Waals surface area contributed by atoms with Gasteiger partial charge in [-0.25, -0.2) is 10.2 Å². The van der Waals surface area contributed by atoms with Crippen LogP contribution in [0.15, 0.2) is 65.8 Å². The monoisotopic (exact) mass is 486 g/mol. The van der Waals surface area contributed by atoms with E-state index in [1.807, 2.05) is 25.1 Å². The number of benzene rings is 3. The summed E-state index contributed by atoms with van der Waals surface area (Å²) >= 11 is 11.8. The molecule has 7 nitrogen and oxygen atoms in total. The fourth-order valence-corrected chi connectivity index (χ4v) is 2.99. The molecule has 0 aliphatic heterocycles. The summed E-state index contributed by atoms with van der Waals surface area (Å²) in [6.45, 7) is 1.76. The van der Waals surface area contributed by atoms with Crippen LogP contribution in [0.2, 0.25) is 10.0 Å². The average molecular weight is 487 g/mol. The van der Waals surface area contributed by atoms with Crippen molar-refractivity contribution >= 4 is 41.3 Å². The summed E-state index contributed by atoms with van der Waals surface area (Å²) in [6.07, 6.45) is 1.43. The van der Waals surface area contributed by atoms with Gasteiger partial charge in [0.2, 0.25) is 0 Å². The fourth-order valence-electron chi connectivity index (χ4n) is 2.70. The Balaban J connectivity index is 1.58. The van der Waals surface area contributed by atoms with E-state index in [1.54, 1.807) is 24.3 Å². The van der Waals surface area contributed by atoms with E-state index < -0.39 is 11.9 Å². The number of aryl methyl sites for hydroxylation is 1. The third kappa shape index (κ3) is 6.97. The van der Waals surface area contributed by atoms with Crippen LogP contribution in [0.1, 0.15) is 21.5 Å². The van der Waals surface area contributed by atoms with E-state index in [4.69, 9.17) is 37.4 Å². The predicted molar refractivity (Wildman–Crippen MR) is 127 cm³/mol. The number of hydrogen-bond donors (Lipinski definition) is 1. The van der Waals surface area contributed by atoms with Gasteiger partial charge in [-0.1, -0.05) is 35.3 Å². The number of hydrazone groups is 1. The second-order valence-electron chi connectivity index (χ2n) is 6.83. The van der Waals surface area contributed by atoms with Gasteiger partial charge >= 0.3 is 5.97 Å². The predicted octanol–water partition coefficient (Wildman–Crippen LogP) is 5.06. The second-order valence-corrected chi connectivity index (χ2v) is 7.64. The lowest BCUT2D eigenvalue weighted by atomic mass is 10.2. The topological polar surface area (TPSA) is 86.2 Å². The van der Waals surface area contributed by atoms with Gasteiger partial charge in [0, 0.05) is 0 Å². The van der Waals surface area contributed by atoms with Gasteiger partial charge in [-0.2, -0.15) is 5.10 Å². The molecule has 1 amide bonds. The Morgan fingerprint density at radius 3 is 2.55 bits per heavy atom. The number of carbonyl (C=O) groups is 2. The van der Waals surface area contributed by atoms with Gasteiger partial charge in [-0.05, 0) is 66.6 Å². The molecule has 0 spiro atoms. The first kappa shape index (κ1) is 24.1. The number of ether oxygens (including phenoxy) is 3. The number of methoxy groups -OCH3 is 1. The Hall–Kier alpha value is -3.55. The molecule has 0 saturated carbocycles. The van der Waals surface area contributed by atoms with Crippen molar-refractivity contribution in [2.75, 3.05) is 13.7 Å². The molecular formula is C24H20Cl2N2O5. The quantitative estimate of drug-likeness (QED) is 0.208. The molecule has 9 heteroatoms. The molecule has 0 atom stereocenters. The van der Waals surface area contributed by atoms with Crippen LogP contribution in [0.5, 0.6) is 17.2 Å². The number of nitrogens with zero attached hydrogens (tertiary/aromatic N) is 1. The first-order chi connectivity index (χ1) is 15.9. The Kier molecular flexibility index (Phi) is 8.29. The van der Waals surface area contributed by atoms with Crippen LogP contribution >= 0.6 is 23.2 Å². The molecule has 0 aromatic heterocycles. The third-order valence-corrected chi connectivity index (χ3v) is 5.05. The van der Waals surface area contributed by atoms with Crippen LogP contribution in [0, 0.1) is 6.92 Å². The lowest BCUT2D eigenvalue weighted by molar-refractivity contribution is -0.123. The van der Waals surface area contributed by atoms with E-state index in [0.717, 1.165) is 5.56 Å². The summed E-state index contributed by atoms with van der Waals surface area (Å²) in [5.74, 6) is 0.0914. The molecule has 0 bridgehead atoms. The van der Waals surface area contributed by atoms with Gasteiger partial charge in [-0.3, -0.25) is 4.79 Å². The molecule has 0 unspecified atom stereocenters. The molecule has 3 rings (SSSR count). The minimum Gasteiger partial charge on any atom is -0.493 e. The molecule has 33 heavy (non-hydrogen) atoms. The molecule has 1 N–H and O–H groups in total. The van der Waals surface area contributed by atoms with E-state index in [0.29, 0.717) is 22.1 Å². The van der Waals surface area contributed by atoms with Crippen molar-refractivity contribution in [2.45, 2.75) is 6.92 Å². The molecule has 0 fully saturated rings.